The Hall–Kier alpha value is -5.86. The first kappa shape index (κ1) is 45.7. The van der Waals surface area contributed by atoms with Crippen LogP contribution >= 0.6 is 0 Å². The minimum absolute atomic E-state index is 0.0118. The zero-order valence-electron chi connectivity index (χ0n) is 34.1. The van der Waals surface area contributed by atoms with Crippen molar-refractivity contribution in [1.82, 2.24) is 14.2 Å². The number of halogens is 3. The van der Waals surface area contributed by atoms with E-state index in [-0.39, 0.29) is 46.4 Å². The number of rotatable bonds is 14. The Kier molecular flexibility index (Phi) is 12.9. The lowest BCUT2D eigenvalue weighted by Gasteiger charge is -2.19. The van der Waals surface area contributed by atoms with Crippen molar-refractivity contribution in [2.45, 2.75) is 56.3 Å². The summed E-state index contributed by atoms with van der Waals surface area (Å²) in [5.74, 6) is -0.186. The molecule has 62 heavy (non-hydrogen) atoms. The van der Waals surface area contributed by atoms with Gasteiger partial charge >= 0.3 is 15.5 Å². The van der Waals surface area contributed by atoms with Gasteiger partial charge in [0.1, 0.15) is 11.3 Å². The standard InChI is InChI=1S/C43H42F3N5O8S3/c1-7-39(52)47-17-10-18-48-60(53,54)32-21-28(5)42(29(6)22-32)50-31-14-16-34-37(24-31)59-36-23-30(49-41-26(3)19-25(2)20-27(41)4)13-15-33(36)40(34)35-11-8-9-12-38(35)61(55,56)51-62(57,58)43(44,45)46/h7-9,11-16,19-24,48-49,51H,1,10,17-18H2,2-6H3,(H,47,52)/b50-31+. The molecular formula is C43H42F3N5O8S3. The SMILES string of the molecule is C=CC(=O)NCCCNS(=O)(=O)c1cc(C)c(/N=c2\ccc3c(-c4ccccc4S(=O)(=O)NS(=O)(=O)C(F)(F)F)c4ccc(Nc5c(C)cc(C)cc5C)cc4oc-3c2)c(C)c1. The van der Waals surface area contributed by atoms with Crippen LogP contribution in [0.25, 0.3) is 33.4 Å². The number of anilines is 2. The number of amides is 1. The lowest BCUT2D eigenvalue weighted by atomic mass is 9.93. The Morgan fingerprint density at radius 2 is 1.44 bits per heavy atom. The van der Waals surface area contributed by atoms with Gasteiger partial charge in [-0.3, -0.25) is 4.79 Å². The van der Waals surface area contributed by atoms with E-state index in [1.807, 2.05) is 32.9 Å². The van der Waals surface area contributed by atoms with Gasteiger partial charge < -0.3 is 15.1 Å². The summed E-state index contributed by atoms with van der Waals surface area (Å²) in [5, 5.41) is 6.70. The summed E-state index contributed by atoms with van der Waals surface area (Å²) in [4.78, 5) is 15.5. The molecule has 0 aromatic heterocycles. The maximum absolute atomic E-state index is 13.5. The van der Waals surface area contributed by atoms with Gasteiger partial charge in [0.25, 0.3) is 10.0 Å². The van der Waals surface area contributed by atoms with E-state index in [0.29, 0.717) is 45.2 Å². The zero-order chi connectivity index (χ0) is 45.4. The third-order valence-electron chi connectivity index (χ3n) is 9.77. The molecule has 6 rings (SSSR count). The van der Waals surface area contributed by atoms with Crippen molar-refractivity contribution in [3.63, 3.8) is 0 Å². The molecule has 4 aromatic rings. The number of fused-ring (bicyclic) bond motifs is 2. The van der Waals surface area contributed by atoms with Crippen LogP contribution in [0.3, 0.4) is 0 Å². The molecule has 0 bridgehead atoms. The van der Waals surface area contributed by atoms with Crippen LogP contribution in [-0.2, 0) is 34.9 Å². The number of nitrogens with one attached hydrogen (secondary N) is 4. The molecule has 0 unspecified atom stereocenters. The topological polar surface area (TPSA) is 193 Å². The van der Waals surface area contributed by atoms with Gasteiger partial charge in [0.2, 0.25) is 15.9 Å². The molecule has 1 amide bonds. The molecule has 0 saturated heterocycles. The highest BCUT2D eigenvalue weighted by atomic mass is 32.3. The maximum atomic E-state index is 13.5. The van der Waals surface area contributed by atoms with Gasteiger partial charge in [0, 0.05) is 58.7 Å². The number of alkyl halides is 3. The molecule has 0 fully saturated rings. The highest BCUT2D eigenvalue weighted by molar-refractivity contribution is 8.05. The summed E-state index contributed by atoms with van der Waals surface area (Å²) in [6.07, 6.45) is 1.46. The largest absolute Gasteiger partial charge is 0.512 e. The predicted molar refractivity (Wildman–Crippen MR) is 232 cm³/mol. The Labute approximate surface area is 357 Å². The molecule has 0 atom stereocenters. The third-order valence-corrected chi connectivity index (χ3v) is 14.5. The second-order valence-electron chi connectivity index (χ2n) is 14.6. The van der Waals surface area contributed by atoms with E-state index in [1.165, 1.54) is 30.3 Å². The summed E-state index contributed by atoms with van der Waals surface area (Å²) in [7, 11) is -15.6. The van der Waals surface area contributed by atoms with Crippen molar-refractivity contribution >= 4 is 64.0 Å². The van der Waals surface area contributed by atoms with Crippen LogP contribution in [0, 0.1) is 34.6 Å². The number of aryl methyl sites for hydroxylation is 5. The second-order valence-corrected chi connectivity index (χ2v) is 19.9. The summed E-state index contributed by atoms with van der Waals surface area (Å²) in [5.41, 5.74) is 0.714. The van der Waals surface area contributed by atoms with Crippen LogP contribution in [0.5, 0.6) is 0 Å². The van der Waals surface area contributed by atoms with E-state index < -0.39 is 40.5 Å². The van der Waals surface area contributed by atoms with Gasteiger partial charge in [-0.15, -0.1) is 0 Å². The monoisotopic (exact) mass is 909 g/mol. The van der Waals surface area contributed by atoms with E-state index in [9.17, 15) is 43.2 Å². The first-order valence-corrected chi connectivity index (χ1v) is 23.3. The first-order valence-electron chi connectivity index (χ1n) is 18.9. The van der Waals surface area contributed by atoms with Crippen molar-refractivity contribution in [3.05, 3.63) is 131 Å². The van der Waals surface area contributed by atoms with E-state index >= 15 is 0 Å². The van der Waals surface area contributed by atoms with Crippen LogP contribution in [0.4, 0.5) is 30.2 Å². The molecule has 1 heterocycles. The number of sulfonamides is 3. The van der Waals surface area contributed by atoms with Crippen LogP contribution in [0.2, 0.25) is 0 Å². The van der Waals surface area contributed by atoms with Crippen LogP contribution in [-0.4, -0.2) is 49.8 Å². The molecule has 0 radical (unpaired) electrons. The van der Waals surface area contributed by atoms with Gasteiger partial charge in [0.15, 0.2) is 0 Å². The van der Waals surface area contributed by atoms with Crippen molar-refractivity contribution in [2.24, 2.45) is 4.99 Å². The van der Waals surface area contributed by atoms with E-state index in [1.54, 1.807) is 50.2 Å². The highest BCUT2D eigenvalue weighted by Gasteiger charge is 2.48. The maximum Gasteiger partial charge on any atom is 0.512 e. The number of carbonyl (C=O) groups excluding carboxylic acids is 1. The van der Waals surface area contributed by atoms with Crippen molar-refractivity contribution in [1.29, 1.82) is 0 Å². The minimum atomic E-state index is -6.33. The van der Waals surface area contributed by atoms with Gasteiger partial charge in [-0.2, -0.15) is 13.2 Å². The molecular weight excluding hydrogens is 868 g/mol. The average Bonchev–Trinajstić information content (AvgIpc) is 3.18. The van der Waals surface area contributed by atoms with Crippen LogP contribution < -0.4 is 24.8 Å². The number of nitrogens with zero attached hydrogens (tertiary/aromatic N) is 1. The van der Waals surface area contributed by atoms with E-state index in [0.717, 1.165) is 38.6 Å². The molecule has 13 nitrogen and oxygen atoms in total. The summed E-state index contributed by atoms with van der Waals surface area (Å²) in [6, 6.07) is 21.9. The molecule has 4 N–H and O–H groups in total. The fourth-order valence-corrected chi connectivity index (χ4v) is 10.9. The van der Waals surface area contributed by atoms with Crippen LogP contribution in [0.15, 0.2) is 117 Å². The Bertz CT molecular complexity index is 3100. The number of benzene rings is 5. The number of hydrogen-bond acceptors (Lipinski definition) is 10. The third kappa shape index (κ3) is 9.76. The summed E-state index contributed by atoms with van der Waals surface area (Å²) in [6.45, 7) is 13.0. The van der Waals surface area contributed by atoms with Crippen molar-refractivity contribution in [2.75, 3.05) is 18.4 Å². The average molecular weight is 910 g/mol. The smallest absolute Gasteiger partial charge is 0.456 e. The van der Waals surface area contributed by atoms with Gasteiger partial charge in [0.05, 0.1) is 20.8 Å². The molecule has 0 spiro atoms. The van der Waals surface area contributed by atoms with E-state index in [2.05, 4.69) is 21.9 Å². The highest BCUT2D eigenvalue weighted by Crippen LogP contribution is 2.43. The summed E-state index contributed by atoms with van der Waals surface area (Å²) >= 11 is 0. The van der Waals surface area contributed by atoms with Crippen molar-refractivity contribution in [3.8, 4) is 22.5 Å². The first-order chi connectivity index (χ1) is 29.0. The lowest BCUT2D eigenvalue weighted by Crippen LogP contribution is -2.40. The molecule has 326 valence electrons. The fourth-order valence-electron chi connectivity index (χ4n) is 7.02. The Morgan fingerprint density at radius 1 is 0.774 bits per heavy atom. The zero-order valence-corrected chi connectivity index (χ0v) is 36.5. The van der Waals surface area contributed by atoms with Gasteiger partial charge in [-0.25, -0.2) is 35.0 Å². The number of carbonyl (C=O) groups is 1. The summed E-state index contributed by atoms with van der Waals surface area (Å²) < 4.78 is 128. The van der Waals surface area contributed by atoms with Gasteiger partial charge in [-0.1, -0.05) is 46.6 Å². The minimum Gasteiger partial charge on any atom is -0.456 e. The molecule has 19 heteroatoms. The second kappa shape index (κ2) is 17.5. The Balaban J connectivity index is 1.49. The fraction of sp³-hybridized carbons (Fsp3) is 0.209. The van der Waals surface area contributed by atoms with E-state index in [4.69, 9.17) is 9.41 Å². The van der Waals surface area contributed by atoms with Crippen molar-refractivity contribution < 1.29 is 47.6 Å². The molecule has 0 saturated carbocycles. The predicted octanol–water partition coefficient (Wildman–Crippen LogP) is 7.82. The molecule has 1 aliphatic heterocycles. The molecule has 4 aromatic carbocycles. The molecule has 1 aliphatic carbocycles. The lowest BCUT2D eigenvalue weighted by molar-refractivity contribution is -0.116. The van der Waals surface area contributed by atoms with Gasteiger partial charge in [-0.05, 0) is 112 Å². The quantitative estimate of drug-likeness (QED) is 0.0479. The number of hydrogen-bond donors (Lipinski definition) is 4. The normalized spacial score (nSPS) is 12.8. The molecule has 2 aliphatic rings. The van der Waals surface area contributed by atoms with Crippen LogP contribution in [0.1, 0.15) is 34.2 Å². The Morgan fingerprint density at radius 3 is 2.08 bits per heavy atom.